The SMILES string of the molecule is CC(=O)NC1CC(C(=O)O)N(C(=O)[C@H](N)CCc2ccccc2)C1. The average Bonchev–Trinajstić information content (AvgIpc) is 2.96. The van der Waals surface area contributed by atoms with E-state index in [0.29, 0.717) is 12.8 Å². The number of carboxylic acid groups (broad SMARTS) is 1. The van der Waals surface area contributed by atoms with Crippen LogP contribution in [0.4, 0.5) is 0 Å². The Morgan fingerprint density at radius 2 is 2.00 bits per heavy atom. The van der Waals surface area contributed by atoms with E-state index in [1.807, 2.05) is 30.3 Å². The lowest BCUT2D eigenvalue weighted by atomic mass is 10.0. The summed E-state index contributed by atoms with van der Waals surface area (Å²) in [4.78, 5) is 36.4. The molecule has 7 heteroatoms. The summed E-state index contributed by atoms with van der Waals surface area (Å²) in [5.74, 6) is -1.70. The largest absolute Gasteiger partial charge is 0.480 e. The average molecular weight is 333 g/mol. The number of nitrogens with one attached hydrogen (secondary N) is 1. The summed E-state index contributed by atoms with van der Waals surface area (Å²) < 4.78 is 0. The van der Waals surface area contributed by atoms with Crippen molar-refractivity contribution in [2.24, 2.45) is 5.73 Å². The van der Waals surface area contributed by atoms with Crippen molar-refractivity contribution >= 4 is 17.8 Å². The zero-order valence-corrected chi connectivity index (χ0v) is 13.6. The molecule has 0 saturated carbocycles. The molecule has 2 unspecified atom stereocenters. The van der Waals surface area contributed by atoms with Crippen LogP contribution in [0, 0.1) is 0 Å². The first-order valence-corrected chi connectivity index (χ1v) is 7.98. The molecule has 0 bridgehead atoms. The number of rotatable bonds is 6. The first-order valence-electron chi connectivity index (χ1n) is 7.98. The molecule has 1 fully saturated rings. The number of amides is 2. The summed E-state index contributed by atoms with van der Waals surface area (Å²) in [6, 6.07) is 7.61. The quantitative estimate of drug-likeness (QED) is 0.685. The second kappa shape index (κ2) is 7.92. The van der Waals surface area contributed by atoms with E-state index in [2.05, 4.69) is 5.32 Å². The first-order chi connectivity index (χ1) is 11.4. The third-order valence-electron chi connectivity index (χ3n) is 4.18. The molecule has 0 aliphatic carbocycles. The van der Waals surface area contributed by atoms with Crippen LogP contribution in [0.2, 0.25) is 0 Å². The molecule has 0 aromatic heterocycles. The van der Waals surface area contributed by atoms with E-state index in [1.165, 1.54) is 11.8 Å². The molecule has 3 atom stereocenters. The molecule has 0 spiro atoms. The van der Waals surface area contributed by atoms with Crippen LogP contribution in [0.3, 0.4) is 0 Å². The Hall–Kier alpha value is -2.41. The lowest BCUT2D eigenvalue weighted by Crippen LogP contribution is -2.49. The summed E-state index contributed by atoms with van der Waals surface area (Å²) in [6.07, 6.45) is 1.29. The predicted molar refractivity (Wildman–Crippen MR) is 88.1 cm³/mol. The van der Waals surface area contributed by atoms with Crippen LogP contribution < -0.4 is 11.1 Å². The van der Waals surface area contributed by atoms with Gasteiger partial charge in [0, 0.05) is 25.9 Å². The van der Waals surface area contributed by atoms with Crippen molar-refractivity contribution in [3.8, 4) is 0 Å². The summed E-state index contributed by atoms with van der Waals surface area (Å²) in [5.41, 5.74) is 7.06. The Labute approximate surface area is 140 Å². The number of hydrogen-bond donors (Lipinski definition) is 3. The zero-order chi connectivity index (χ0) is 17.7. The molecule has 1 aliphatic heterocycles. The van der Waals surface area contributed by atoms with Gasteiger partial charge in [-0.2, -0.15) is 0 Å². The molecule has 1 aliphatic rings. The fraction of sp³-hybridized carbons (Fsp3) is 0.471. The third-order valence-corrected chi connectivity index (χ3v) is 4.18. The second-order valence-corrected chi connectivity index (χ2v) is 6.11. The minimum Gasteiger partial charge on any atom is -0.480 e. The van der Waals surface area contributed by atoms with Gasteiger partial charge in [0.25, 0.3) is 0 Å². The van der Waals surface area contributed by atoms with Crippen molar-refractivity contribution in [1.29, 1.82) is 0 Å². The molecule has 1 heterocycles. The number of carboxylic acids is 1. The number of carbonyl (C=O) groups excluding carboxylic acids is 2. The Balaban J connectivity index is 1.97. The van der Waals surface area contributed by atoms with Crippen LogP contribution in [0.25, 0.3) is 0 Å². The van der Waals surface area contributed by atoms with Gasteiger partial charge in [-0.25, -0.2) is 4.79 Å². The van der Waals surface area contributed by atoms with Crippen LogP contribution in [-0.4, -0.2) is 52.5 Å². The van der Waals surface area contributed by atoms with E-state index in [4.69, 9.17) is 5.73 Å². The fourth-order valence-corrected chi connectivity index (χ4v) is 3.01. The van der Waals surface area contributed by atoms with Gasteiger partial charge in [-0.1, -0.05) is 30.3 Å². The van der Waals surface area contributed by atoms with Crippen molar-refractivity contribution in [2.45, 2.75) is 44.3 Å². The van der Waals surface area contributed by atoms with Crippen LogP contribution in [0.5, 0.6) is 0 Å². The van der Waals surface area contributed by atoms with E-state index in [-0.39, 0.29) is 30.8 Å². The number of carbonyl (C=O) groups is 3. The standard InChI is InChI=1S/C17H23N3O4/c1-11(21)19-13-9-15(17(23)24)20(10-13)16(22)14(18)8-7-12-5-3-2-4-6-12/h2-6,13-15H,7-10,18H2,1H3,(H,19,21)(H,23,24)/t13?,14-,15?/m1/s1. The lowest BCUT2D eigenvalue weighted by Gasteiger charge is -2.24. The van der Waals surface area contributed by atoms with E-state index in [9.17, 15) is 19.5 Å². The molecule has 24 heavy (non-hydrogen) atoms. The molecule has 4 N–H and O–H groups in total. The Bertz CT molecular complexity index is 605. The summed E-state index contributed by atoms with van der Waals surface area (Å²) >= 11 is 0. The van der Waals surface area contributed by atoms with Crippen LogP contribution in [0.15, 0.2) is 30.3 Å². The summed E-state index contributed by atoms with van der Waals surface area (Å²) in [5, 5.41) is 12.0. The number of hydrogen-bond acceptors (Lipinski definition) is 4. The predicted octanol–water partition coefficient (Wildman–Crippen LogP) is 0.137. The molecular formula is C17H23N3O4. The van der Waals surface area contributed by atoms with E-state index >= 15 is 0 Å². The monoisotopic (exact) mass is 333 g/mol. The van der Waals surface area contributed by atoms with E-state index in [0.717, 1.165) is 5.56 Å². The summed E-state index contributed by atoms with van der Waals surface area (Å²) in [7, 11) is 0. The number of nitrogens with two attached hydrogens (primary N) is 1. The Kier molecular flexibility index (Phi) is 5.92. The van der Waals surface area contributed by atoms with Gasteiger partial charge in [-0.15, -0.1) is 0 Å². The minimum absolute atomic E-state index is 0.175. The maximum absolute atomic E-state index is 12.5. The number of likely N-dealkylation sites (tertiary alicyclic amines) is 1. The zero-order valence-electron chi connectivity index (χ0n) is 13.6. The number of aliphatic carboxylic acids is 1. The van der Waals surface area contributed by atoms with Gasteiger partial charge in [-0.05, 0) is 18.4 Å². The van der Waals surface area contributed by atoms with Gasteiger partial charge in [0.05, 0.1) is 6.04 Å². The highest BCUT2D eigenvalue weighted by Crippen LogP contribution is 2.20. The molecule has 0 radical (unpaired) electrons. The molecule has 1 saturated heterocycles. The topological polar surface area (TPSA) is 113 Å². The smallest absolute Gasteiger partial charge is 0.326 e. The van der Waals surface area contributed by atoms with Gasteiger partial charge in [0.2, 0.25) is 11.8 Å². The highest BCUT2D eigenvalue weighted by atomic mass is 16.4. The van der Waals surface area contributed by atoms with Crippen LogP contribution in [-0.2, 0) is 20.8 Å². The van der Waals surface area contributed by atoms with E-state index in [1.54, 1.807) is 0 Å². The molecule has 7 nitrogen and oxygen atoms in total. The maximum Gasteiger partial charge on any atom is 0.326 e. The molecule has 130 valence electrons. The lowest BCUT2D eigenvalue weighted by molar-refractivity contribution is -0.148. The Morgan fingerprint density at radius 3 is 2.58 bits per heavy atom. The second-order valence-electron chi connectivity index (χ2n) is 6.11. The molecule has 1 aromatic carbocycles. The minimum atomic E-state index is -1.08. The van der Waals surface area contributed by atoms with Crippen molar-refractivity contribution < 1.29 is 19.5 Å². The van der Waals surface area contributed by atoms with Gasteiger partial charge >= 0.3 is 5.97 Å². The molecule has 2 amide bonds. The highest BCUT2D eigenvalue weighted by Gasteiger charge is 2.41. The molecule has 1 aromatic rings. The first kappa shape index (κ1) is 17.9. The van der Waals surface area contributed by atoms with Crippen molar-refractivity contribution in [3.63, 3.8) is 0 Å². The fourth-order valence-electron chi connectivity index (χ4n) is 3.01. The number of benzene rings is 1. The van der Waals surface area contributed by atoms with Gasteiger partial charge < -0.3 is 21.1 Å². The van der Waals surface area contributed by atoms with Crippen molar-refractivity contribution in [2.75, 3.05) is 6.54 Å². The van der Waals surface area contributed by atoms with Gasteiger partial charge in [0.1, 0.15) is 6.04 Å². The molecule has 2 rings (SSSR count). The number of aryl methyl sites for hydroxylation is 1. The van der Waals surface area contributed by atoms with E-state index < -0.39 is 18.1 Å². The maximum atomic E-state index is 12.5. The summed E-state index contributed by atoms with van der Waals surface area (Å²) in [6.45, 7) is 1.54. The molecular weight excluding hydrogens is 310 g/mol. The van der Waals surface area contributed by atoms with Crippen molar-refractivity contribution in [3.05, 3.63) is 35.9 Å². The highest BCUT2D eigenvalue weighted by molar-refractivity contribution is 5.88. The Morgan fingerprint density at radius 1 is 1.33 bits per heavy atom. The van der Waals surface area contributed by atoms with Crippen LogP contribution in [0.1, 0.15) is 25.3 Å². The van der Waals surface area contributed by atoms with Crippen molar-refractivity contribution in [1.82, 2.24) is 10.2 Å². The normalized spacial score (nSPS) is 21.3. The number of nitrogens with zero attached hydrogens (tertiary/aromatic N) is 1. The van der Waals surface area contributed by atoms with Gasteiger partial charge in [-0.3, -0.25) is 9.59 Å². The van der Waals surface area contributed by atoms with Gasteiger partial charge in [0.15, 0.2) is 0 Å². The van der Waals surface area contributed by atoms with Crippen LogP contribution >= 0.6 is 0 Å². The third kappa shape index (κ3) is 4.55.